The lowest BCUT2D eigenvalue weighted by atomic mass is 9.88. The van der Waals surface area contributed by atoms with E-state index in [1.807, 2.05) is 61.5 Å². The minimum atomic E-state index is -0.0125. The maximum Gasteiger partial charge on any atom is 0.258 e. The lowest BCUT2D eigenvalue weighted by Crippen LogP contribution is -2.31. The fourth-order valence-electron chi connectivity index (χ4n) is 3.67. The molecule has 2 amide bonds. The van der Waals surface area contributed by atoms with Crippen LogP contribution in [0.4, 0.5) is 5.69 Å². The van der Waals surface area contributed by atoms with Crippen molar-refractivity contribution in [2.24, 2.45) is 5.92 Å². The van der Waals surface area contributed by atoms with E-state index >= 15 is 0 Å². The van der Waals surface area contributed by atoms with Crippen LogP contribution >= 0.6 is 0 Å². The van der Waals surface area contributed by atoms with Crippen molar-refractivity contribution in [3.8, 4) is 0 Å². The number of hydrogen-bond donors (Lipinski definition) is 1. The number of benzene rings is 2. The predicted octanol–water partition coefficient (Wildman–Crippen LogP) is 4.55. The van der Waals surface area contributed by atoms with Crippen molar-refractivity contribution in [3.63, 3.8) is 0 Å². The highest BCUT2D eigenvalue weighted by Crippen LogP contribution is 2.23. The minimum absolute atomic E-state index is 0.0125. The van der Waals surface area contributed by atoms with Crippen LogP contribution in [0.2, 0.25) is 0 Å². The van der Waals surface area contributed by atoms with Crippen molar-refractivity contribution in [1.29, 1.82) is 0 Å². The molecule has 1 aliphatic rings. The van der Waals surface area contributed by atoms with Crippen LogP contribution in [0.15, 0.2) is 54.6 Å². The summed E-state index contributed by atoms with van der Waals surface area (Å²) in [4.78, 5) is 26.8. The molecule has 0 unspecified atom stereocenters. The van der Waals surface area contributed by atoms with Crippen LogP contribution < -0.4 is 10.2 Å². The van der Waals surface area contributed by atoms with Gasteiger partial charge in [0.15, 0.2) is 0 Å². The smallest absolute Gasteiger partial charge is 0.258 e. The van der Waals surface area contributed by atoms with Gasteiger partial charge in [0.25, 0.3) is 5.91 Å². The molecule has 0 atom stereocenters. The molecular weight excluding hydrogens is 336 g/mol. The molecule has 1 aliphatic carbocycles. The number of amides is 2. The average Bonchev–Trinajstić information content (AvgIpc) is 2.74. The molecule has 2 aromatic rings. The molecule has 4 nitrogen and oxygen atoms in total. The van der Waals surface area contributed by atoms with Gasteiger partial charge in [-0.1, -0.05) is 49.6 Å². The van der Waals surface area contributed by atoms with Gasteiger partial charge in [0.2, 0.25) is 5.91 Å². The molecule has 27 heavy (non-hydrogen) atoms. The van der Waals surface area contributed by atoms with E-state index in [1.165, 1.54) is 6.42 Å². The third-order valence-corrected chi connectivity index (χ3v) is 5.27. The normalized spacial score (nSPS) is 14.6. The fourth-order valence-corrected chi connectivity index (χ4v) is 3.67. The van der Waals surface area contributed by atoms with Crippen LogP contribution in [0.1, 0.15) is 54.9 Å². The van der Waals surface area contributed by atoms with E-state index in [1.54, 1.807) is 4.90 Å². The molecule has 0 aromatic heterocycles. The van der Waals surface area contributed by atoms with E-state index < -0.39 is 0 Å². The first-order chi connectivity index (χ1) is 13.2. The zero-order valence-corrected chi connectivity index (χ0v) is 16.0. The molecule has 0 bridgehead atoms. The largest absolute Gasteiger partial charge is 0.352 e. The molecule has 0 aliphatic heterocycles. The Morgan fingerprint density at radius 1 is 0.963 bits per heavy atom. The molecule has 3 rings (SSSR count). The highest BCUT2D eigenvalue weighted by atomic mass is 16.2. The zero-order chi connectivity index (χ0) is 19.1. The van der Waals surface area contributed by atoms with Gasteiger partial charge < -0.3 is 10.2 Å². The van der Waals surface area contributed by atoms with Crippen molar-refractivity contribution in [2.75, 3.05) is 11.4 Å². The summed E-state index contributed by atoms with van der Waals surface area (Å²) in [6, 6.07) is 17.2. The van der Waals surface area contributed by atoms with E-state index in [0.29, 0.717) is 18.7 Å². The van der Waals surface area contributed by atoms with Gasteiger partial charge in [-0.05, 0) is 49.6 Å². The minimum Gasteiger partial charge on any atom is -0.352 e. The van der Waals surface area contributed by atoms with Gasteiger partial charge in [-0.15, -0.1) is 0 Å². The Bertz CT molecular complexity index is 750. The van der Waals surface area contributed by atoms with Crippen LogP contribution in [0.25, 0.3) is 0 Å². The van der Waals surface area contributed by atoms with Crippen LogP contribution in [0, 0.1) is 5.92 Å². The Labute approximate surface area is 161 Å². The predicted molar refractivity (Wildman–Crippen MR) is 109 cm³/mol. The summed E-state index contributed by atoms with van der Waals surface area (Å²) >= 11 is 0. The van der Waals surface area contributed by atoms with Gasteiger partial charge >= 0.3 is 0 Å². The second kappa shape index (κ2) is 9.36. The van der Waals surface area contributed by atoms with Crippen LogP contribution in [0.5, 0.6) is 0 Å². The van der Waals surface area contributed by atoms with Crippen LogP contribution in [-0.2, 0) is 11.3 Å². The molecule has 1 N–H and O–H groups in total. The summed E-state index contributed by atoms with van der Waals surface area (Å²) in [5.74, 6) is 0.321. The average molecular weight is 364 g/mol. The van der Waals surface area contributed by atoms with E-state index in [9.17, 15) is 9.59 Å². The maximum atomic E-state index is 12.8. The number of rotatable bonds is 6. The standard InChI is InChI=1S/C23H28N2O2/c1-2-25(21-11-7-4-8-12-21)23(27)20-15-13-18(14-16-20)17-24-22(26)19-9-5-3-6-10-19/h4,7-8,11-16,19H,2-3,5-6,9-10,17H2,1H3,(H,24,26). The van der Waals surface area contributed by atoms with Crippen molar-refractivity contribution in [3.05, 3.63) is 65.7 Å². The van der Waals surface area contributed by atoms with Crippen molar-refractivity contribution < 1.29 is 9.59 Å². The van der Waals surface area contributed by atoms with Gasteiger partial charge in [-0.25, -0.2) is 0 Å². The number of nitrogens with one attached hydrogen (secondary N) is 1. The second-order valence-electron chi connectivity index (χ2n) is 7.13. The molecule has 1 saturated carbocycles. The number of carbonyl (C=O) groups excluding carboxylic acids is 2. The molecule has 142 valence electrons. The summed E-state index contributed by atoms with van der Waals surface area (Å²) < 4.78 is 0. The molecule has 0 saturated heterocycles. The topological polar surface area (TPSA) is 49.4 Å². The Balaban J connectivity index is 1.59. The third-order valence-electron chi connectivity index (χ3n) is 5.27. The molecule has 2 aromatic carbocycles. The quantitative estimate of drug-likeness (QED) is 0.817. The van der Waals surface area contributed by atoms with Crippen molar-refractivity contribution in [1.82, 2.24) is 5.32 Å². The first-order valence-corrected chi connectivity index (χ1v) is 9.92. The van der Waals surface area contributed by atoms with E-state index in [-0.39, 0.29) is 17.7 Å². The van der Waals surface area contributed by atoms with Gasteiger partial charge in [0.1, 0.15) is 0 Å². The number of nitrogens with zero attached hydrogens (tertiary/aromatic N) is 1. The number of anilines is 1. The summed E-state index contributed by atoms with van der Waals surface area (Å²) in [7, 11) is 0. The summed E-state index contributed by atoms with van der Waals surface area (Å²) in [5, 5.41) is 3.04. The highest BCUT2D eigenvalue weighted by molar-refractivity contribution is 6.06. The molecular formula is C23H28N2O2. The lowest BCUT2D eigenvalue weighted by Gasteiger charge is -2.21. The van der Waals surface area contributed by atoms with E-state index in [0.717, 1.165) is 36.9 Å². The zero-order valence-electron chi connectivity index (χ0n) is 16.0. The number of hydrogen-bond acceptors (Lipinski definition) is 2. The summed E-state index contributed by atoms with van der Waals surface area (Å²) in [6.07, 6.45) is 5.57. The summed E-state index contributed by atoms with van der Waals surface area (Å²) in [6.45, 7) is 3.10. The molecule has 0 spiro atoms. The highest BCUT2D eigenvalue weighted by Gasteiger charge is 2.20. The van der Waals surface area contributed by atoms with Crippen molar-refractivity contribution >= 4 is 17.5 Å². The maximum absolute atomic E-state index is 12.8. The molecule has 0 heterocycles. The van der Waals surface area contributed by atoms with Crippen molar-refractivity contribution in [2.45, 2.75) is 45.6 Å². The Morgan fingerprint density at radius 3 is 2.26 bits per heavy atom. The monoisotopic (exact) mass is 364 g/mol. The van der Waals surface area contributed by atoms with Gasteiger partial charge in [0.05, 0.1) is 0 Å². The Hall–Kier alpha value is -2.62. The van der Waals surface area contributed by atoms with Gasteiger partial charge in [0, 0.05) is 30.3 Å². The first kappa shape index (κ1) is 19.2. The van der Waals surface area contributed by atoms with E-state index in [4.69, 9.17) is 0 Å². The second-order valence-corrected chi connectivity index (χ2v) is 7.13. The number of carbonyl (C=O) groups is 2. The SMILES string of the molecule is CCN(C(=O)c1ccc(CNC(=O)C2CCCCC2)cc1)c1ccccc1. The number of para-hydroxylation sites is 1. The molecule has 0 radical (unpaired) electrons. The van der Waals surface area contributed by atoms with Crippen LogP contribution in [-0.4, -0.2) is 18.4 Å². The van der Waals surface area contributed by atoms with Crippen LogP contribution in [0.3, 0.4) is 0 Å². The van der Waals surface area contributed by atoms with Gasteiger partial charge in [-0.2, -0.15) is 0 Å². The molecule has 4 heteroatoms. The van der Waals surface area contributed by atoms with Gasteiger partial charge in [-0.3, -0.25) is 9.59 Å². The lowest BCUT2D eigenvalue weighted by molar-refractivity contribution is -0.126. The Kier molecular flexibility index (Phi) is 6.64. The fraction of sp³-hybridized carbons (Fsp3) is 0.391. The Morgan fingerprint density at radius 2 is 1.63 bits per heavy atom. The molecule has 1 fully saturated rings. The first-order valence-electron chi connectivity index (χ1n) is 9.92. The summed E-state index contributed by atoms with van der Waals surface area (Å²) in [5.41, 5.74) is 2.57. The van der Waals surface area contributed by atoms with E-state index in [2.05, 4.69) is 5.32 Å². The third kappa shape index (κ3) is 4.97.